The fourth-order valence-electron chi connectivity index (χ4n) is 2.18. The number of hydrogen-bond acceptors (Lipinski definition) is 5. The van der Waals surface area contributed by atoms with Gasteiger partial charge in [-0.3, -0.25) is 4.79 Å². The van der Waals surface area contributed by atoms with Crippen LogP contribution in [0.3, 0.4) is 0 Å². The van der Waals surface area contributed by atoms with Crippen LogP contribution in [0.4, 0.5) is 0 Å². The van der Waals surface area contributed by atoms with Crippen LogP contribution in [0.1, 0.15) is 18.9 Å². The van der Waals surface area contributed by atoms with E-state index in [1.807, 2.05) is 24.3 Å². The number of benzene rings is 1. The number of nitrogens with zero attached hydrogens (tertiary/aromatic N) is 4. The molecule has 112 valence electrons. The molecule has 1 unspecified atom stereocenters. The first-order valence-electron chi connectivity index (χ1n) is 6.74. The fraction of sp³-hybridized carbons (Fsp3) is 0.429. The van der Waals surface area contributed by atoms with Gasteiger partial charge in [-0.2, -0.15) is 0 Å². The average Bonchev–Trinajstić information content (AvgIpc) is 2.94. The van der Waals surface area contributed by atoms with E-state index in [0.717, 1.165) is 17.5 Å². The van der Waals surface area contributed by atoms with E-state index in [9.17, 15) is 4.79 Å². The third-order valence-electron chi connectivity index (χ3n) is 3.28. The molecule has 1 aromatic carbocycles. The maximum absolute atomic E-state index is 10.8. The summed E-state index contributed by atoms with van der Waals surface area (Å²) in [4.78, 5) is 10.8. The number of carboxylic acids is 1. The molecule has 2 aromatic rings. The van der Waals surface area contributed by atoms with Gasteiger partial charge in [0.05, 0.1) is 19.1 Å². The number of rotatable bonds is 7. The van der Waals surface area contributed by atoms with E-state index in [-0.39, 0.29) is 6.42 Å². The lowest BCUT2D eigenvalue weighted by atomic mass is 10.0. The molecule has 0 fully saturated rings. The van der Waals surface area contributed by atoms with Gasteiger partial charge in [-0.25, -0.2) is 4.68 Å². The summed E-state index contributed by atoms with van der Waals surface area (Å²) in [7, 11) is 1.48. The molecule has 1 aromatic heterocycles. The van der Waals surface area contributed by atoms with Crippen molar-refractivity contribution >= 4 is 5.97 Å². The molecular formula is C14H18N4O3. The summed E-state index contributed by atoms with van der Waals surface area (Å²) < 4.78 is 6.77. The van der Waals surface area contributed by atoms with Gasteiger partial charge in [-0.15, -0.1) is 5.10 Å². The molecular weight excluding hydrogens is 272 g/mol. The zero-order valence-corrected chi connectivity index (χ0v) is 12.1. The van der Waals surface area contributed by atoms with Gasteiger partial charge in [0.15, 0.2) is 5.82 Å². The third-order valence-corrected chi connectivity index (χ3v) is 3.28. The molecule has 0 aliphatic rings. The second-order valence-corrected chi connectivity index (χ2v) is 4.65. The highest BCUT2D eigenvalue weighted by Crippen LogP contribution is 2.21. The summed E-state index contributed by atoms with van der Waals surface area (Å²) >= 11 is 0. The Labute approximate surface area is 122 Å². The second kappa shape index (κ2) is 6.94. The van der Waals surface area contributed by atoms with E-state index >= 15 is 0 Å². The normalized spacial score (nSPS) is 12.3. The highest BCUT2D eigenvalue weighted by Gasteiger charge is 2.18. The molecule has 0 aliphatic carbocycles. The maximum atomic E-state index is 10.8. The van der Waals surface area contributed by atoms with Gasteiger partial charge in [0.1, 0.15) is 0 Å². The van der Waals surface area contributed by atoms with Crippen molar-refractivity contribution in [1.82, 2.24) is 20.2 Å². The van der Waals surface area contributed by atoms with Crippen molar-refractivity contribution in [2.75, 3.05) is 7.11 Å². The van der Waals surface area contributed by atoms with Gasteiger partial charge in [0, 0.05) is 12.7 Å². The van der Waals surface area contributed by atoms with E-state index in [0.29, 0.717) is 12.4 Å². The lowest BCUT2D eigenvalue weighted by molar-refractivity contribution is -0.140. The van der Waals surface area contributed by atoms with Crippen LogP contribution in [0, 0.1) is 0 Å². The standard InChI is InChI=1S/C14H18N4O3/c1-3-10-6-4-5-7-12(10)14-15-16-17-18(14)9-11(21-2)8-13(19)20/h4-7,11H,3,8-9H2,1-2H3,(H,19,20). The number of ether oxygens (including phenoxy) is 1. The minimum absolute atomic E-state index is 0.0920. The highest BCUT2D eigenvalue weighted by atomic mass is 16.5. The first-order chi connectivity index (χ1) is 10.2. The van der Waals surface area contributed by atoms with Crippen molar-refractivity contribution in [1.29, 1.82) is 0 Å². The quantitative estimate of drug-likeness (QED) is 0.828. The number of hydrogen-bond donors (Lipinski definition) is 1. The van der Waals surface area contributed by atoms with Gasteiger partial charge in [0.25, 0.3) is 0 Å². The molecule has 0 radical (unpaired) electrons. The Kier molecular flexibility index (Phi) is 4.99. The molecule has 2 rings (SSSR count). The molecule has 1 N–H and O–H groups in total. The highest BCUT2D eigenvalue weighted by molar-refractivity contribution is 5.67. The summed E-state index contributed by atoms with van der Waals surface area (Å²) in [6.45, 7) is 2.36. The van der Waals surface area contributed by atoms with E-state index < -0.39 is 12.1 Å². The zero-order valence-electron chi connectivity index (χ0n) is 12.1. The molecule has 7 nitrogen and oxygen atoms in total. The Morgan fingerprint density at radius 2 is 2.19 bits per heavy atom. The van der Waals surface area contributed by atoms with Crippen LogP contribution in [-0.2, 0) is 22.5 Å². The number of carboxylic acid groups (broad SMARTS) is 1. The minimum atomic E-state index is -0.912. The monoisotopic (exact) mass is 290 g/mol. The molecule has 0 amide bonds. The van der Waals surface area contributed by atoms with Crippen LogP contribution in [0.15, 0.2) is 24.3 Å². The Bertz CT molecular complexity index is 612. The van der Waals surface area contributed by atoms with Crippen molar-refractivity contribution in [2.24, 2.45) is 0 Å². The van der Waals surface area contributed by atoms with Crippen LogP contribution < -0.4 is 0 Å². The van der Waals surface area contributed by atoms with E-state index in [1.165, 1.54) is 7.11 Å². The summed E-state index contributed by atoms with van der Waals surface area (Å²) in [5.41, 5.74) is 2.09. The smallest absolute Gasteiger partial charge is 0.306 e. The molecule has 0 saturated heterocycles. The van der Waals surface area contributed by atoms with Crippen LogP contribution in [0.2, 0.25) is 0 Å². The summed E-state index contributed by atoms with van der Waals surface area (Å²) in [5, 5.41) is 20.6. The Hall–Kier alpha value is -2.28. The van der Waals surface area contributed by atoms with Crippen molar-refractivity contribution in [3.8, 4) is 11.4 Å². The predicted octanol–water partition coefficient (Wildman–Crippen LogP) is 1.39. The topological polar surface area (TPSA) is 90.1 Å². The van der Waals surface area contributed by atoms with Crippen molar-refractivity contribution in [2.45, 2.75) is 32.4 Å². The molecule has 0 spiro atoms. The van der Waals surface area contributed by atoms with Crippen molar-refractivity contribution in [3.63, 3.8) is 0 Å². The van der Waals surface area contributed by atoms with Gasteiger partial charge < -0.3 is 9.84 Å². The van der Waals surface area contributed by atoms with Crippen LogP contribution >= 0.6 is 0 Å². The Morgan fingerprint density at radius 1 is 1.43 bits per heavy atom. The molecule has 0 saturated carbocycles. The van der Waals surface area contributed by atoms with E-state index in [4.69, 9.17) is 9.84 Å². The molecule has 0 bridgehead atoms. The maximum Gasteiger partial charge on any atom is 0.306 e. The van der Waals surface area contributed by atoms with Crippen LogP contribution in [0.25, 0.3) is 11.4 Å². The summed E-state index contributed by atoms with van der Waals surface area (Å²) in [6.07, 6.45) is 0.301. The minimum Gasteiger partial charge on any atom is -0.481 e. The fourth-order valence-corrected chi connectivity index (χ4v) is 2.18. The number of tetrazole rings is 1. The number of aryl methyl sites for hydroxylation is 1. The van der Waals surface area contributed by atoms with Crippen molar-refractivity contribution in [3.05, 3.63) is 29.8 Å². The molecule has 1 heterocycles. The van der Waals surface area contributed by atoms with Crippen LogP contribution in [-0.4, -0.2) is 44.5 Å². The van der Waals surface area contributed by atoms with Crippen LogP contribution in [0.5, 0.6) is 0 Å². The number of aliphatic carboxylic acids is 1. The first-order valence-corrected chi connectivity index (χ1v) is 6.74. The SMILES string of the molecule is CCc1ccccc1-c1nnnn1CC(CC(=O)O)OC. The van der Waals surface area contributed by atoms with Crippen molar-refractivity contribution < 1.29 is 14.6 Å². The lowest BCUT2D eigenvalue weighted by Gasteiger charge is -2.14. The third kappa shape index (κ3) is 3.63. The van der Waals surface area contributed by atoms with Gasteiger partial charge >= 0.3 is 5.97 Å². The number of carbonyl (C=O) groups is 1. The predicted molar refractivity (Wildman–Crippen MR) is 75.7 cm³/mol. The summed E-state index contributed by atoms with van der Waals surface area (Å²) in [6, 6.07) is 7.89. The van der Waals surface area contributed by atoms with E-state index in [1.54, 1.807) is 4.68 Å². The molecule has 21 heavy (non-hydrogen) atoms. The lowest BCUT2D eigenvalue weighted by Crippen LogP contribution is -2.23. The Balaban J connectivity index is 2.28. The molecule has 0 aliphatic heterocycles. The van der Waals surface area contributed by atoms with Gasteiger partial charge in [-0.05, 0) is 22.4 Å². The average molecular weight is 290 g/mol. The van der Waals surface area contributed by atoms with E-state index in [2.05, 4.69) is 22.4 Å². The number of aromatic nitrogens is 4. The molecule has 1 atom stereocenters. The molecule has 7 heteroatoms. The van der Waals surface area contributed by atoms with Gasteiger partial charge in [-0.1, -0.05) is 31.2 Å². The van der Waals surface area contributed by atoms with Gasteiger partial charge in [0.2, 0.25) is 0 Å². The first kappa shape index (κ1) is 15.1. The Morgan fingerprint density at radius 3 is 2.86 bits per heavy atom. The summed E-state index contributed by atoms with van der Waals surface area (Å²) in [5.74, 6) is -0.287. The zero-order chi connectivity index (χ0) is 15.2. The second-order valence-electron chi connectivity index (χ2n) is 4.65. The number of methoxy groups -OCH3 is 1. The largest absolute Gasteiger partial charge is 0.481 e.